The van der Waals surface area contributed by atoms with E-state index < -0.39 is 19.7 Å². The fourth-order valence-electron chi connectivity index (χ4n) is 5.54. The van der Waals surface area contributed by atoms with E-state index in [9.17, 15) is 16.8 Å². The first-order valence-corrected chi connectivity index (χ1v) is 17.9. The van der Waals surface area contributed by atoms with Crippen LogP contribution in [0.4, 0.5) is 0 Å². The standard InChI is InChI=1S/C38H21N5O4S2.2Pd/c44-48(45,28-10-5-8-26(22-28)34-12-1-3-18-39-34)30-14-16-32-33-17-15-31(25-37(33)43(36(32)24-30)38-41-20-7-21-42-38)49(46,47)29-11-6-9-27(23-29)35-13-2-4-19-40-35;;/h1-21H;;/q-4;2*+2. The summed E-state index contributed by atoms with van der Waals surface area (Å²) in [6.07, 6.45) is 6.33. The number of sulfone groups is 2. The van der Waals surface area contributed by atoms with Crippen LogP contribution in [0.25, 0.3) is 50.3 Å². The SMILES string of the molecule is O=S(=O)(c1[c-]c(-c2ccccn2)ccc1)c1[c-]c2c(cc1)c1ccc(S(=O)(=O)c3[c-]c(-c4ccccn4)ccc3)[c-]c1n2-c1ncccn1.[Pd+2].[Pd+2]. The van der Waals surface area contributed by atoms with Crippen molar-refractivity contribution in [2.75, 3.05) is 0 Å². The van der Waals surface area contributed by atoms with Crippen molar-refractivity contribution >= 4 is 41.5 Å². The second-order valence-electron chi connectivity index (χ2n) is 10.8. The number of fused-ring (bicyclic) bond motifs is 3. The Balaban J connectivity index is 0.00000224. The van der Waals surface area contributed by atoms with Gasteiger partial charge in [0.1, 0.15) is 0 Å². The Morgan fingerprint density at radius 2 is 0.863 bits per heavy atom. The molecule has 0 N–H and O–H groups in total. The van der Waals surface area contributed by atoms with Crippen LogP contribution in [-0.2, 0) is 60.5 Å². The number of rotatable bonds is 7. The van der Waals surface area contributed by atoms with Crippen molar-refractivity contribution in [2.45, 2.75) is 19.6 Å². The van der Waals surface area contributed by atoms with Crippen LogP contribution >= 0.6 is 0 Å². The fraction of sp³-hybridized carbons (Fsp3) is 0. The van der Waals surface area contributed by atoms with Crippen molar-refractivity contribution in [3.63, 3.8) is 0 Å². The van der Waals surface area contributed by atoms with E-state index in [0.29, 0.717) is 44.3 Å². The average molecular weight is 889 g/mol. The van der Waals surface area contributed by atoms with E-state index in [0.717, 1.165) is 0 Å². The van der Waals surface area contributed by atoms with Gasteiger partial charge in [0.15, 0.2) is 19.7 Å². The molecule has 8 rings (SSSR count). The van der Waals surface area contributed by atoms with Crippen LogP contribution in [0, 0.1) is 24.3 Å². The summed E-state index contributed by atoms with van der Waals surface area (Å²) in [6.45, 7) is 0. The molecule has 4 aromatic carbocycles. The van der Waals surface area contributed by atoms with Crippen molar-refractivity contribution in [2.24, 2.45) is 0 Å². The molecule has 8 aromatic rings. The number of hydrogen-bond donors (Lipinski definition) is 0. The molecule has 0 saturated carbocycles. The molecule has 9 nitrogen and oxygen atoms in total. The Morgan fingerprint density at radius 3 is 1.29 bits per heavy atom. The molecule has 0 aliphatic carbocycles. The first-order valence-electron chi connectivity index (χ1n) is 14.9. The molecule has 13 heteroatoms. The van der Waals surface area contributed by atoms with Crippen LogP contribution < -0.4 is 0 Å². The Kier molecular flexibility index (Phi) is 10.3. The number of pyridine rings is 2. The van der Waals surface area contributed by atoms with Gasteiger partial charge in [-0.05, 0) is 49.2 Å². The molecule has 51 heavy (non-hydrogen) atoms. The minimum atomic E-state index is -4.10. The van der Waals surface area contributed by atoms with Crippen molar-refractivity contribution in [1.29, 1.82) is 0 Å². The molecule has 4 heterocycles. The third kappa shape index (κ3) is 6.61. The number of nitrogens with zero attached hydrogens (tertiary/aromatic N) is 5. The maximum Gasteiger partial charge on any atom is 2.00 e. The van der Waals surface area contributed by atoms with E-state index in [4.69, 9.17) is 0 Å². The van der Waals surface area contributed by atoms with E-state index in [1.807, 2.05) is 12.1 Å². The zero-order valence-corrected chi connectivity index (χ0v) is 30.7. The maximum absolute atomic E-state index is 14.0. The van der Waals surface area contributed by atoms with Crippen molar-refractivity contribution in [3.8, 4) is 28.5 Å². The summed E-state index contributed by atoms with van der Waals surface area (Å²) in [5.74, 6) is 0.187. The molecular weight excluding hydrogens is 867 g/mol. The van der Waals surface area contributed by atoms with E-state index >= 15 is 0 Å². The molecule has 0 unspecified atom stereocenters. The molecule has 0 aliphatic heterocycles. The molecular formula is C38H21N5O4Pd2S2. The third-order valence-electron chi connectivity index (χ3n) is 7.86. The normalized spacial score (nSPS) is 11.5. The Bertz CT molecular complexity index is 2580. The second kappa shape index (κ2) is 14.5. The second-order valence-corrected chi connectivity index (χ2v) is 14.6. The summed E-state index contributed by atoms with van der Waals surface area (Å²) in [7, 11) is -8.20. The largest absolute Gasteiger partial charge is 2.00 e. The smallest absolute Gasteiger partial charge is 0.328 e. The third-order valence-corrected chi connectivity index (χ3v) is 11.1. The van der Waals surface area contributed by atoms with Gasteiger partial charge in [0, 0.05) is 24.8 Å². The first-order chi connectivity index (χ1) is 23.8. The van der Waals surface area contributed by atoms with Gasteiger partial charge in [0.2, 0.25) is 5.95 Å². The molecule has 0 atom stereocenters. The minimum absolute atomic E-state index is 0. The van der Waals surface area contributed by atoms with Crippen LogP contribution in [0.5, 0.6) is 0 Å². The molecule has 254 valence electrons. The molecule has 0 spiro atoms. The van der Waals surface area contributed by atoms with E-state index in [2.05, 4.69) is 44.2 Å². The average Bonchev–Trinajstić information content (AvgIpc) is 3.49. The van der Waals surface area contributed by atoms with Gasteiger partial charge in [-0.1, -0.05) is 35.3 Å². The molecule has 0 amide bonds. The molecule has 0 radical (unpaired) electrons. The van der Waals surface area contributed by atoms with Crippen molar-refractivity contribution < 1.29 is 57.7 Å². The van der Waals surface area contributed by atoms with Gasteiger partial charge in [0.25, 0.3) is 0 Å². The summed E-state index contributed by atoms with van der Waals surface area (Å²) < 4.78 is 57.5. The predicted octanol–water partition coefficient (Wildman–Crippen LogP) is 6.56. The molecule has 0 fully saturated rings. The Labute approximate surface area is 321 Å². The van der Waals surface area contributed by atoms with Gasteiger partial charge in [-0.15, -0.1) is 71.8 Å². The van der Waals surface area contributed by atoms with Gasteiger partial charge in [-0.2, -0.15) is 35.0 Å². The maximum atomic E-state index is 14.0. The molecule has 0 saturated heterocycles. The van der Waals surface area contributed by atoms with Crippen LogP contribution in [0.3, 0.4) is 0 Å². The minimum Gasteiger partial charge on any atom is -0.328 e. The zero-order valence-electron chi connectivity index (χ0n) is 25.9. The summed E-state index contributed by atoms with van der Waals surface area (Å²) in [5, 5.41) is 1.22. The monoisotopic (exact) mass is 887 g/mol. The van der Waals surface area contributed by atoms with Gasteiger partial charge in [0.05, 0.1) is 0 Å². The fourth-order valence-corrected chi connectivity index (χ4v) is 7.97. The van der Waals surface area contributed by atoms with Gasteiger partial charge >= 0.3 is 40.8 Å². The predicted molar refractivity (Wildman–Crippen MR) is 182 cm³/mol. The van der Waals surface area contributed by atoms with Crippen LogP contribution in [0.1, 0.15) is 0 Å². The Morgan fingerprint density at radius 1 is 0.431 bits per heavy atom. The van der Waals surface area contributed by atoms with Gasteiger partial charge in [-0.25, -0.2) is 26.8 Å². The molecule has 0 bridgehead atoms. The van der Waals surface area contributed by atoms with E-state index in [1.165, 1.54) is 36.7 Å². The number of benzene rings is 4. The topological polar surface area (TPSA) is 125 Å². The van der Waals surface area contributed by atoms with Crippen molar-refractivity contribution in [1.82, 2.24) is 24.5 Å². The summed E-state index contributed by atoms with van der Waals surface area (Å²) in [5.41, 5.74) is 2.89. The molecule has 4 aromatic heterocycles. The quantitative estimate of drug-likeness (QED) is 0.130. The van der Waals surface area contributed by atoms with E-state index in [1.54, 1.807) is 83.7 Å². The molecule has 0 aliphatic rings. The first kappa shape index (κ1) is 36.1. The summed E-state index contributed by atoms with van der Waals surface area (Å²) in [4.78, 5) is 17.1. The Hall–Kier alpha value is -4.72. The van der Waals surface area contributed by atoms with Crippen LogP contribution in [0.15, 0.2) is 147 Å². The van der Waals surface area contributed by atoms with Crippen molar-refractivity contribution in [3.05, 3.63) is 152 Å². The van der Waals surface area contributed by atoms with Crippen LogP contribution in [-0.4, -0.2) is 41.3 Å². The van der Waals surface area contributed by atoms with Crippen LogP contribution in [0.2, 0.25) is 0 Å². The number of hydrogen-bond acceptors (Lipinski definition) is 8. The van der Waals surface area contributed by atoms with E-state index in [-0.39, 0.29) is 66.4 Å². The number of aromatic nitrogens is 5. The zero-order chi connectivity index (χ0) is 33.6. The summed E-state index contributed by atoms with van der Waals surface area (Å²) >= 11 is 0. The van der Waals surface area contributed by atoms with Gasteiger partial charge < -0.3 is 14.5 Å². The van der Waals surface area contributed by atoms with Gasteiger partial charge in [-0.3, -0.25) is 0 Å². The summed E-state index contributed by atoms with van der Waals surface area (Å²) in [6, 6.07) is 40.5.